The molecule has 0 bridgehead atoms. The zero-order chi connectivity index (χ0) is 17.5. The van der Waals surface area contributed by atoms with E-state index in [1.54, 1.807) is 23.9 Å². The number of nitrogens with one attached hydrogen (secondary N) is 1. The van der Waals surface area contributed by atoms with Crippen LogP contribution in [0.1, 0.15) is 11.1 Å². The summed E-state index contributed by atoms with van der Waals surface area (Å²) in [7, 11) is 3.06. The first kappa shape index (κ1) is 18.5. The summed E-state index contributed by atoms with van der Waals surface area (Å²) in [6, 6.07) is 11.5. The smallest absolute Gasteiger partial charge is 0.234 e. The van der Waals surface area contributed by atoms with Gasteiger partial charge in [0.25, 0.3) is 0 Å². The summed E-state index contributed by atoms with van der Waals surface area (Å²) in [6.45, 7) is 2.06. The molecule has 2 aromatic rings. The van der Waals surface area contributed by atoms with Crippen LogP contribution >= 0.6 is 23.4 Å². The van der Waals surface area contributed by atoms with Crippen molar-refractivity contribution < 1.29 is 14.3 Å². The van der Waals surface area contributed by atoms with Gasteiger partial charge in [0, 0.05) is 11.8 Å². The molecule has 0 unspecified atom stereocenters. The number of hydrogen-bond acceptors (Lipinski definition) is 4. The second-order valence-electron chi connectivity index (χ2n) is 5.22. The first-order valence-corrected chi connectivity index (χ1v) is 8.91. The number of halogens is 1. The molecule has 0 heterocycles. The Morgan fingerprint density at radius 3 is 2.58 bits per heavy atom. The Kier molecular flexibility index (Phi) is 6.82. The van der Waals surface area contributed by atoms with Crippen LogP contribution in [0.2, 0.25) is 5.02 Å². The molecular weight excluding hydrogens is 346 g/mol. The molecule has 128 valence electrons. The SMILES string of the molecule is COc1cc(OC)c(NC(=O)CSCc2cccc(C)c2)cc1Cl. The van der Waals surface area contributed by atoms with E-state index in [4.69, 9.17) is 21.1 Å². The van der Waals surface area contributed by atoms with Gasteiger partial charge in [-0.1, -0.05) is 41.4 Å². The second-order valence-corrected chi connectivity index (χ2v) is 6.61. The highest BCUT2D eigenvalue weighted by atomic mass is 35.5. The Balaban J connectivity index is 1.93. The minimum absolute atomic E-state index is 0.104. The van der Waals surface area contributed by atoms with Gasteiger partial charge < -0.3 is 14.8 Å². The number of benzene rings is 2. The molecule has 0 aromatic heterocycles. The molecule has 0 radical (unpaired) electrons. The predicted molar refractivity (Wildman–Crippen MR) is 101 cm³/mol. The van der Waals surface area contributed by atoms with Gasteiger partial charge in [-0.2, -0.15) is 0 Å². The Bertz CT molecular complexity index is 721. The van der Waals surface area contributed by atoms with Crippen LogP contribution in [0.4, 0.5) is 5.69 Å². The first-order valence-electron chi connectivity index (χ1n) is 7.38. The topological polar surface area (TPSA) is 47.6 Å². The number of aryl methyl sites for hydroxylation is 1. The normalized spacial score (nSPS) is 10.3. The summed E-state index contributed by atoms with van der Waals surface area (Å²) in [6.07, 6.45) is 0. The molecule has 6 heteroatoms. The van der Waals surface area contributed by atoms with Crippen molar-refractivity contribution in [1.82, 2.24) is 0 Å². The number of carbonyl (C=O) groups is 1. The number of anilines is 1. The van der Waals surface area contributed by atoms with E-state index in [1.807, 2.05) is 6.07 Å². The molecule has 4 nitrogen and oxygen atoms in total. The number of amides is 1. The third-order valence-electron chi connectivity index (χ3n) is 3.33. The van der Waals surface area contributed by atoms with Gasteiger partial charge in [0.15, 0.2) is 0 Å². The Hall–Kier alpha value is -1.85. The maximum absolute atomic E-state index is 12.1. The molecule has 0 aliphatic rings. The minimum Gasteiger partial charge on any atom is -0.495 e. The molecule has 0 atom stereocenters. The fraction of sp³-hybridized carbons (Fsp3) is 0.278. The van der Waals surface area contributed by atoms with Crippen molar-refractivity contribution in [2.45, 2.75) is 12.7 Å². The molecule has 1 N–H and O–H groups in total. The number of hydrogen-bond donors (Lipinski definition) is 1. The van der Waals surface area contributed by atoms with Crippen LogP contribution in [0.5, 0.6) is 11.5 Å². The molecule has 0 aliphatic carbocycles. The maximum Gasteiger partial charge on any atom is 0.234 e. The van der Waals surface area contributed by atoms with Crippen molar-refractivity contribution in [2.75, 3.05) is 25.3 Å². The average Bonchev–Trinajstić information content (AvgIpc) is 2.55. The Morgan fingerprint density at radius 1 is 1.17 bits per heavy atom. The number of thioether (sulfide) groups is 1. The maximum atomic E-state index is 12.1. The van der Waals surface area contributed by atoms with Gasteiger partial charge in [0.2, 0.25) is 5.91 Å². The van der Waals surface area contributed by atoms with E-state index in [1.165, 1.54) is 25.3 Å². The molecule has 24 heavy (non-hydrogen) atoms. The molecule has 1 amide bonds. The van der Waals surface area contributed by atoms with E-state index in [0.29, 0.717) is 28.0 Å². The van der Waals surface area contributed by atoms with E-state index in [9.17, 15) is 4.79 Å². The summed E-state index contributed by atoms with van der Waals surface area (Å²) < 4.78 is 10.4. The summed E-state index contributed by atoms with van der Waals surface area (Å²) in [5.41, 5.74) is 2.96. The highest BCUT2D eigenvalue weighted by Gasteiger charge is 2.12. The van der Waals surface area contributed by atoms with Crippen molar-refractivity contribution in [2.24, 2.45) is 0 Å². The van der Waals surface area contributed by atoms with E-state index >= 15 is 0 Å². The molecule has 0 saturated heterocycles. The predicted octanol–water partition coefficient (Wildman–Crippen LogP) is 4.54. The molecule has 2 rings (SSSR count). The van der Waals surface area contributed by atoms with Crippen molar-refractivity contribution >= 4 is 35.0 Å². The number of ether oxygens (including phenoxy) is 2. The highest BCUT2D eigenvalue weighted by Crippen LogP contribution is 2.35. The van der Waals surface area contributed by atoms with E-state index in [-0.39, 0.29) is 5.91 Å². The number of methoxy groups -OCH3 is 2. The molecule has 2 aromatic carbocycles. The Labute approximate surface area is 151 Å². The molecule has 0 spiro atoms. The summed E-state index contributed by atoms with van der Waals surface area (Å²) >= 11 is 7.66. The van der Waals surface area contributed by atoms with Gasteiger partial charge >= 0.3 is 0 Å². The third kappa shape index (κ3) is 5.08. The summed E-state index contributed by atoms with van der Waals surface area (Å²) in [4.78, 5) is 12.1. The summed E-state index contributed by atoms with van der Waals surface area (Å²) in [5, 5.41) is 3.24. The van der Waals surface area contributed by atoms with Crippen LogP contribution in [0.25, 0.3) is 0 Å². The zero-order valence-electron chi connectivity index (χ0n) is 13.9. The molecule has 0 aliphatic heterocycles. The standard InChI is InChI=1S/C18H20ClNO3S/c1-12-5-4-6-13(7-12)10-24-11-18(21)20-15-8-14(19)16(22-2)9-17(15)23-3/h4-9H,10-11H2,1-3H3,(H,20,21). The van der Waals surface area contributed by atoms with Gasteiger partial charge in [-0.15, -0.1) is 11.8 Å². The monoisotopic (exact) mass is 365 g/mol. The molecular formula is C18H20ClNO3S. The van der Waals surface area contributed by atoms with Crippen LogP contribution in [0.3, 0.4) is 0 Å². The van der Waals surface area contributed by atoms with Crippen LogP contribution in [0.15, 0.2) is 36.4 Å². The van der Waals surface area contributed by atoms with Crippen LogP contribution in [-0.4, -0.2) is 25.9 Å². The minimum atomic E-state index is -0.104. The highest BCUT2D eigenvalue weighted by molar-refractivity contribution is 7.99. The fourth-order valence-corrected chi connectivity index (χ4v) is 3.22. The van der Waals surface area contributed by atoms with Crippen molar-refractivity contribution in [3.63, 3.8) is 0 Å². The fourth-order valence-electron chi connectivity index (χ4n) is 2.21. The number of rotatable bonds is 7. The van der Waals surface area contributed by atoms with E-state index in [0.717, 1.165) is 5.75 Å². The second kappa shape index (κ2) is 8.85. The largest absolute Gasteiger partial charge is 0.495 e. The van der Waals surface area contributed by atoms with Crippen molar-refractivity contribution in [3.8, 4) is 11.5 Å². The van der Waals surface area contributed by atoms with Gasteiger partial charge in [0.05, 0.1) is 30.7 Å². The Morgan fingerprint density at radius 2 is 1.92 bits per heavy atom. The quantitative estimate of drug-likeness (QED) is 0.782. The van der Waals surface area contributed by atoms with Crippen LogP contribution in [0, 0.1) is 6.92 Å². The zero-order valence-corrected chi connectivity index (χ0v) is 15.5. The van der Waals surface area contributed by atoms with E-state index < -0.39 is 0 Å². The van der Waals surface area contributed by atoms with Gasteiger partial charge in [-0.25, -0.2) is 0 Å². The lowest BCUT2D eigenvalue weighted by molar-refractivity contribution is -0.113. The van der Waals surface area contributed by atoms with Crippen molar-refractivity contribution in [3.05, 3.63) is 52.5 Å². The lowest BCUT2D eigenvalue weighted by Crippen LogP contribution is -2.15. The molecule has 0 fully saturated rings. The molecule has 0 saturated carbocycles. The first-order chi connectivity index (χ1) is 11.5. The van der Waals surface area contributed by atoms with Crippen LogP contribution < -0.4 is 14.8 Å². The van der Waals surface area contributed by atoms with Gasteiger partial charge in [0.1, 0.15) is 11.5 Å². The van der Waals surface area contributed by atoms with Crippen molar-refractivity contribution in [1.29, 1.82) is 0 Å². The summed E-state index contributed by atoms with van der Waals surface area (Å²) in [5.74, 6) is 2.04. The van der Waals surface area contributed by atoms with Crippen LogP contribution in [-0.2, 0) is 10.5 Å². The number of carbonyl (C=O) groups excluding carboxylic acids is 1. The third-order valence-corrected chi connectivity index (χ3v) is 4.63. The van der Waals surface area contributed by atoms with Gasteiger partial charge in [-0.05, 0) is 18.6 Å². The lowest BCUT2D eigenvalue weighted by atomic mass is 10.2. The average molecular weight is 366 g/mol. The lowest BCUT2D eigenvalue weighted by Gasteiger charge is -2.13. The van der Waals surface area contributed by atoms with E-state index in [2.05, 4.69) is 30.4 Å². The van der Waals surface area contributed by atoms with Gasteiger partial charge in [-0.3, -0.25) is 4.79 Å².